The number of carbonyl (C=O) groups excluding carboxylic acids is 1. The van der Waals surface area contributed by atoms with Gasteiger partial charge in [-0.2, -0.15) is 0 Å². The Hall–Kier alpha value is -2.28. The maximum atomic E-state index is 11.5. The third kappa shape index (κ3) is 3.03. The molecule has 6 nitrogen and oxygen atoms in total. The number of rotatable bonds is 4. The highest BCUT2D eigenvalue weighted by Crippen LogP contribution is 2.35. The average molecular weight is 347 g/mol. The van der Waals surface area contributed by atoms with Crippen molar-refractivity contribution in [3.05, 3.63) is 28.8 Å². The number of nitrogens with zero attached hydrogens (tertiary/aromatic N) is 3. The molecule has 1 aromatic heterocycles. The SMILES string of the molecule is COc1ccc(N2CCc3nc(N(C)C(C)=O)sc3C2)cc1OC. The minimum Gasteiger partial charge on any atom is -0.493 e. The maximum Gasteiger partial charge on any atom is 0.225 e. The molecular weight excluding hydrogens is 326 g/mol. The number of methoxy groups -OCH3 is 2. The summed E-state index contributed by atoms with van der Waals surface area (Å²) in [5.41, 5.74) is 2.19. The zero-order valence-corrected chi connectivity index (χ0v) is 15.1. The molecule has 0 saturated carbocycles. The minimum absolute atomic E-state index is 0.00200. The molecule has 0 aliphatic carbocycles. The molecule has 0 atom stereocenters. The summed E-state index contributed by atoms with van der Waals surface area (Å²) in [5.74, 6) is 1.45. The Labute approximate surface area is 145 Å². The third-order valence-electron chi connectivity index (χ3n) is 4.21. The largest absolute Gasteiger partial charge is 0.493 e. The fourth-order valence-electron chi connectivity index (χ4n) is 2.70. The molecule has 0 bridgehead atoms. The van der Waals surface area contributed by atoms with Gasteiger partial charge in [-0.3, -0.25) is 9.69 Å². The van der Waals surface area contributed by atoms with E-state index in [2.05, 4.69) is 9.88 Å². The molecule has 1 aromatic carbocycles. The topological polar surface area (TPSA) is 54.9 Å². The van der Waals surface area contributed by atoms with Crippen LogP contribution in [0.2, 0.25) is 0 Å². The summed E-state index contributed by atoms with van der Waals surface area (Å²) in [6.45, 7) is 3.22. The van der Waals surface area contributed by atoms with Crippen LogP contribution >= 0.6 is 11.3 Å². The molecule has 0 spiro atoms. The van der Waals surface area contributed by atoms with E-state index < -0.39 is 0 Å². The van der Waals surface area contributed by atoms with Gasteiger partial charge >= 0.3 is 0 Å². The molecule has 7 heteroatoms. The fraction of sp³-hybridized carbons (Fsp3) is 0.412. The van der Waals surface area contributed by atoms with Crippen LogP contribution in [0.1, 0.15) is 17.5 Å². The van der Waals surface area contributed by atoms with Crippen molar-refractivity contribution < 1.29 is 14.3 Å². The molecule has 2 heterocycles. The highest BCUT2D eigenvalue weighted by molar-refractivity contribution is 7.16. The van der Waals surface area contributed by atoms with Crippen LogP contribution in [0, 0.1) is 0 Å². The normalized spacial score (nSPS) is 13.4. The fourth-order valence-corrected chi connectivity index (χ4v) is 3.83. The molecule has 0 radical (unpaired) electrons. The van der Waals surface area contributed by atoms with Crippen molar-refractivity contribution in [2.24, 2.45) is 0 Å². The zero-order chi connectivity index (χ0) is 17.3. The Kier molecular flexibility index (Phi) is 4.62. The van der Waals surface area contributed by atoms with Crippen LogP contribution in [-0.2, 0) is 17.8 Å². The van der Waals surface area contributed by atoms with Crippen molar-refractivity contribution in [2.45, 2.75) is 19.9 Å². The standard InChI is InChI=1S/C17H21N3O3S/c1-11(21)19(2)17-18-13-7-8-20(10-16(13)24-17)12-5-6-14(22-3)15(9-12)23-4/h5-6,9H,7-8,10H2,1-4H3. The van der Waals surface area contributed by atoms with Crippen LogP contribution in [0.5, 0.6) is 11.5 Å². The number of ether oxygens (including phenoxy) is 2. The monoisotopic (exact) mass is 347 g/mol. The van der Waals surface area contributed by atoms with Gasteiger partial charge in [-0.05, 0) is 12.1 Å². The Bertz CT molecular complexity index is 760. The van der Waals surface area contributed by atoms with Gasteiger partial charge in [-0.15, -0.1) is 0 Å². The van der Waals surface area contributed by atoms with Gasteiger partial charge in [0.25, 0.3) is 0 Å². The molecule has 24 heavy (non-hydrogen) atoms. The molecule has 0 fully saturated rings. The Morgan fingerprint density at radius 1 is 1.29 bits per heavy atom. The highest BCUT2D eigenvalue weighted by atomic mass is 32.1. The molecule has 128 valence electrons. The number of carbonyl (C=O) groups is 1. The second-order valence-electron chi connectivity index (χ2n) is 5.66. The number of thiazole rings is 1. The number of hydrogen-bond donors (Lipinski definition) is 0. The first-order valence-electron chi connectivity index (χ1n) is 7.73. The molecule has 2 aromatic rings. The number of anilines is 2. The number of aromatic nitrogens is 1. The molecule has 0 N–H and O–H groups in total. The molecule has 3 rings (SSSR count). The number of amides is 1. The molecule has 1 aliphatic heterocycles. The van der Waals surface area contributed by atoms with E-state index in [4.69, 9.17) is 9.47 Å². The van der Waals surface area contributed by atoms with E-state index in [0.29, 0.717) is 0 Å². The highest BCUT2D eigenvalue weighted by Gasteiger charge is 2.23. The van der Waals surface area contributed by atoms with Crippen LogP contribution in [0.15, 0.2) is 18.2 Å². The predicted molar refractivity (Wildman–Crippen MR) is 95.5 cm³/mol. The lowest BCUT2D eigenvalue weighted by Crippen LogP contribution is -2.29. The summed E-state index contributed by atoms with van der Waals surface area (Å²) >= 11 is 1.58. The van der Waals surface area contributed by atoms with Crippen molar-refractivity contribution in [2.75, 3.05) is 37.6 Å². The van der Waals surface area contributed by atoms with E-state index in [1.807, 2.05) is 18.2 Å². The van der Waals surface area contributed by atoms with Crippen molar-refractivity contribution >= 4 is 28.1 Å². The second kappa shape index (κ2) is 6.68. The lowest BCUT2D eigenvalue weighted by atomic mass is 10.1. The van der Waals surface area contributed by atoms with Gasteiger partial charge in [0.1, 0.15) is 0 Å². The first-order valence-corrected chi connectivity index (χ1v) is 8.55. The summed E-state index contributed by atoms with van der Waals surface area (Å²) in [7, 11) is 5.04. The van der Waals surface area contributed by atoms with E-state index in [9.17, 15) is 4.79 Å². The Balaban J connectivity index is 1.83. The van der Waals surface area contributed by atoms with Gasteiger partial charge < -0.3 is 14.4 Å². The van der Waals surface area contributed by atoms with Crippen molar-refractivity contribution in [1.29, 1.82) is 0 Å². The van der Waals surface area contributed by atoms with Crippen LogP contribution in [0.4, 0.5) is 10.8 Å². The number of benzene rings is 1. The van der Waals surface area contributed by atoms with Gasteiger partial charge in [0, 0.05) is 43.6 Å². The first-order chi connectivity index (χ1) is 11.5. The number of hydrogen-bond acceptors (Lipinski definition) is 6. The first kappa shape index (κ1) is 16.6. The van der Waals surface area contributed by atoms with Gasteiger partial charge in [0.05, 0.1) is 26.5 Å². The molecule has 1 amide bonds. The van der Waals surface area contributed by atoms with Crippen LogP contribution < -0.4 is 19.3 Å². The van der Waals surface area contributed by atoms with Crippen molar-refractivity contribution in [3.8, 4) is 11.5 Å². The molecule has 1 aliphatic rings. The van der Waals surface area contributed by atoms with Gasteiger partial charge in [-0.1, -0.05) is 11.3 Å². The van der Waals surface area contributed by atoms with Crippen LogP contribution in [0.25, 0.3) is 0 Å². The summed E-state index contributed by atoms with van der Waals surface area (Å²) in [5, 5.41) is 0.765. The lowest BCUT2D eigenvalue weighted by Gasteiger charge is -2.28. The Morgan fingerprint density at radius 2 is 2.04 bits per heavy atom. The third-order valence-corrected chi connectivity index (χ3v) is 5.37. The quantitative estimate of drug-likeness (QED) is 0.851. The van der Waals surface area contributed by atoms with E-state index >= 15 is 0 Å². The van der Waals surface area contributed by atoms with E-state index in [0.717, 1.165) is 47.5 Å². The zero-order valence-electron chi connectivity index (χ0n) is 14.3. The van der Waals surface area contributed by atoms with E-state index in [1.165, 1.54) is 4.88 Å². The minimum atomic E-state index is -0.00200. The van der Waals surface area contributed by atoms with Crippen molar-refractivity contribution in [3.63, 3.8) is 0 Å². The van der Waals surface area contributed by atoms with Crippen LogP contribution in [0.3, 0.4) is 0 Å². The average Bonchev–Trinajstić information content (AvgIpc) is 3.03. The molecule has 0 saturated heterocycles. The van der Waals surface area contributed by atoms with Crippen LogP contribution in [-0.4, -0.2) is 38.7 Å². The molecule has 0 unspecified atom stereocenters. The van der Waals surface area contributed by atoms with E-state index in [-0.39, 0.29) is 5.91 Å². The van der Waals surface area contributed by atoms with E-state index in [1.54, 1.807) is 44.4 Å². The summed E-state index contributed by atoms with van der Waals surface area (Å²) in [4.78, 5) is 21.2. The van der Waals surface area contributed by atoms with Gasteiger partial charge in [0.2, 0.25) is 5.91 Å². The summed E-state index contributed by atoms with van der Waals surface area (Å²) in [6.07, 6.45) is 0.867. The van der Waals surface area contributed by atoms with Gasteiger partial charge in [-0.25, -0.2) is 4.98 Å². The number of fused-ring (bicyclic) bond motifs is 1. The second-order valence-corrected chi connectivity index (χ2v) is 6.72. The maximum absolute atomic E-state index is 11.5. The summed E-state index contributed by atoms with van der Waals surface area (Å²) in [6, 6.07) is 5.95. The lowest BCUT2D eigenvalue weighted by molar-refractivity contribution is -0.116. The summed E-state index contributed by atoms with van der Waals surface area (Å²) < 4.78 is 10.7. The smallest absolute Gasteiger partial charge is 0.225 e. The molecular formula is C17H21N3O3S. The van der Waals surface area contributed by atoms with Crippen molar-refractivity contribution in [1.82, 2.24) is 4.98 Å². The van der Waals surface area contributed by atoms with Gasteiger partial charge in [0.15, 0.2) is 16.6 Å². The Morgan fingerprint density at radius 3 is 2.71 bits per heavy atom. The predicted octanol–water partition coefficient (Wildman–Crippen LogP) is 2.71.